The van der Waals surface area contributed by atoms with Gasteiger partial charge in [0, 0.05) is 0 Å². The Bertz CT molecular complexity index is 410. The van der Waals surface area contributed by atoms with E-state index in [4.69, 9.17) is 10.2 Å². The first kappa shape index (κ1) is 15.5. The van der Waals surface area contributed by atoms with Gasteiger partial charge in [-0.1, -0.05) is 30.3 Å². The van der Waals surface area contributed by atoms with Crippen LogP contribution in [0.25, 0.3) is 0 Å². The number of hydrogen-bond donors (Lipinski definition) is 3. The van der Waals surface area contributed by atoms with Crippen molar-refractivity contribution in [2.45, 2.75) is 12.5 Å². The van der Waals surface area contributed by atoms with E-state index in [0.717, 1.165) is 12.2 Å². The number of hydrogen-bond acceptors (Lipinski definition) is 4. The Balaban J connectivity index is 2.19. The Morgan fingerprint density at radius 2 is 1.95 bits per heavy atom. The zero-order valence-electron chi connectivity index (χ0n) is 10.4. The van der Waals surface area contributed by atoms with Crippen molar-refractivity contribution in [3.63, 3.8) is 0 Å². The minimum Gasteiger partial charge on any atom is -0.480 e. The second-order valence-corrected chi connectivity index (χ2v) is 5.03. The average molecular weight is 283 g/mol. The first-order valence-corrected chi connectivity index (χ1v) is 7.03. The van der Waals surface area contributed by atoms with Gasteiger partial charge in [0.05, 0.1) is 12.4 Å². The Labute approximate surface area is 116 Å². The lowest BCUT2D eigenvalue weighted by atomic mass is 10.2. The van der Waals surface area contributed by atoms with Gasteiger partial charge in [-0.15, -0.1) is 0 Å². The third-order valence-corrected chi connectivity index (χ3v) is 3.39. The number of aliphatic hydroxyl groups excluding tert-OH is 1. The largest absolute Gasteiger partial charge is 0.480 e. The number of nitrogens with one attached hydrogen (secondary N) is 1. The van der Waals surface area contributed by atoms with Gasteiger partial charge in [-0.25, -0.2) is 4.79 Å². The SMILES string of the molecule is O=C(CSCCc1ccccc1)N[C@H](CO)C(=O)O. The molecule has 0 radical (unpaired) electrons. The molecule has 1 amide bonds. The minimum atomic E-state index is -1.23. The molecule has 1 atom stereocenters. The van der Waals surface area contributed by atoms with Crippen LogP contribution in [-0.2, 0) is 16.0 Å². The highest BCUT2D eigenvalue weighted by atomic mass is 32.2. The molecule has 104 valence electrons. The number of aliphatic hydroxyl groups is 1. The monoisotopic (exact) mass is 283 g/mol. The van der Waals surface area contributed by atoms with Gasteiger partial charge in [0.15, 0.2) is 0 Å². The van der Waals surface area contributed by atoms with Crippen molar-refractivity contribution in [2.24, 2.45) is 0 Å². The predicted molar refractivity (Wildman–Crippen MR) is 74.1 cm³/mol. The Kier molecular flexibility index (Phi) is 6.99. The van der Waals surface area contributed by atoms with Crippen LogP contribution in [-0.4, -0.2) is 46.2 Å². The lowest BCUT2D eigenvalue weighted by molar-refractivity contribution is -0.142. The van der Waals surface area contributed by atoms with Crippen LogP contribution in [0.2, 0.25) is 0 Å². The number of rotatable bonds is 8. The third kappa shape index (κ3) is 6.26. The number of carbonyl (C=O) groups is 2. The lowest BCUT2D eigenvalue weighted by Gasteiger charge is -2.11. The smallest absolute Gasteiger partial charge is 0.328 e. The molecule has 1 rings (SSSR count). The van der Waals surface area contributed by atoms with Crippen molar-refractivity contribution in [1.82, 2.24) is 5.32 Å². The molecule has 0 aromatic heterocycles. The van der Waals surface area contributed by atoms with Gasteiger partial charge in [-0.2, -0.15) is 11.8 Å². The molecule has 0 aliphatic rings. The predicted octanol–water partition coefficient (Wildman–Crippen LogP) is 0.524. The lowest BCUT2D eigenvalue weighted by Crippen LogP contribution is -2.44. The van der Waals surface area contributed by atoms with Gasteiger partial charge in [0.1, 0.15) is 6.04 Å². The van der Waals surface area contributed by atoms with Gasteiger partial charge in [0.2, 0.25) is 5.91 Å². The third-order valence-electron chi connectivity index (χ3n) is 2.43. The van der Waals surface area contributed by atoms with Crippen LogP contribution in [0, 0.1) is 0 Å². The number of benzene rings is 1. The van der Waals surface area contributed by atoms with E-state index in [9.17, 15) is 9.59 Å². The molecular weight excluding hydrogens is 266 g/mol. The summed E-state index contributed by atoms with van der Waals surface area (Å²) in [7, 11) is 0. The fraction of sp³-hybridized carbons (Fsp3) is 0.385. The van der Waals surface area contributed by atoms with E-state index in [-0.39, 0.29) is 11.7 Å². The van der Waals surface area contributed by atoms with Gasteiger partial charge in [-0.05, 0) is 17.7 Å². The second kappa shape index (κ2) is 8.55. The van der Waals surface area contributed by atoms with Gasteiger partial charge in [-0.3, -0.25) is 4.79 Å². The van der Waals surface area contributed by atoms with E-state index in [1.54, 1.807) is 0 Å². The summed E-state index contributed by atoms with van der Waals surface area (Å²) < 4.78 is 0. The first-order valence-electron chi connectivity index (χ1n) is 5.88. The Morgan fingerprint density at radius 1 is 1.26 bits per heavy atom. The second-order valence-electron chi connectivity index (χ2n) is 3.93. The zero-order valence-corrected chi connectivity index (χ0v) is 11.2. The molecule has 1 aromatic carbocycles. The topological polar surface area (TPSA) is 86.6 Å². The maximum Gasteiger partial charge on any atom is 0.328 e. The molecule has 0 aliphatic carbocycles. The van der Waals surface area contributed by atoms with Crippen molar-refractivity contribution < 1.29 is 19.8 Å². The van der Waals surface area contributed by atoms with E-state index < -0.39 is 18.6 Å². The standard InChI is InChI=1S/C13H17NO4S/c15-8-11(13(17)18)14-12(16)9-19-7-6-10-4-2-1-3-5-10/h1-5,11,15H,6-9H2,(H,14,16)(H,17,18)/t11-/m1/s1. The summed E-state index contributed by atoms with van der Waals surface area (Å²) in [5.41, 5.74) is 1.20. The first-order chi connectivity index (χ1) is 9.13. The Morgan fingerprint density at radius 3 is 2.53 bits per heavy atom. The molecule has 1 aromatic rings. The maximum atomic E-state index is 11.4. The molecule has 0 fully saturated rings. The number of carbonyl (C=O) groups excluding carboxylic acids is 1. The summed E-state index contributed by atoms with van der Waals surface area (Å²) in [6.45, 7) is -0.601. The number of carboxylic acid groups (broad SMARTS) is 1. The number of aryl methyl sites for hydroxylation is 1. The van der Waals surface area contributed by atoms with Gasteiger partial charge < -0.3 is 15.5 Å². The molecule has 5 nitrogen and oxygen atoms in total. The van der Waals surface area contributed by atoms with Gasteiger partial charge >= 0.3 is 5.97 Å². The molecule has 19 heavy (non-hydrogen) atoms. The average Bonchev–Trinajstić information content (AvgIpc) is 2.42. The van der Waals surface area contributed by atoms with Crippen molar-refractivity contribution in [3.05, 3.63) is 35.9 Å². The molecule has 6 heteroatoms. The van der Waals surface area contributed by atoms with Crippen molar-refractivity contribution in [1.29, 1.82) is 0 Å². The highest BCUT2D eigenvalue weighted by Gasteiger charge is 2.18. The fourth-order valence-corrected chi connectivity index (χ4v) is 2.21. The summed E-state index contributed by atoms with van der Waals surface area (Å²) >= 11 is 1.43. The molecule has 0 bridgehead atoms. The molecular formula is C13H17NO4S. The quantitative estimate of drug-likeness (QED) is 0.606. The van der Waals surface area contributed by atoms with E-state index in [1.165, 1.54) is 17.3 Å². The highest BCUT2D eigenvalue weighted by molar-refractivity contribution is 7.99. The van der Waals surface area contributed by atoms with Crippen molar-refractivity contribution in [3.8, 4) is 0 Å². The van der Waals surface area contributed by atoms with E-state index >= 15 is 0 Å². The molecule has 0 saturated carbocycles. The van der Waals surface area contributed by atoms with Crippen LogP contribution in [0.3, 0.4) is 0 Å². The summed E-state index contributed by atoms with van der Waals surface area (Å²) in [4.78, 5) is 22.0. The van der Waals surface area contributed by atoms with E-state index in [1.807, 2.05) is 30.3 Å². The molecule has 0 spiro atoms. The van der Waals surface area contributed by atoms with Gasteiger partial charge in [0.25, 0.3) is 0 Å². The highest BCUT2D eigenvalue weighted by Crippen LogP contribution is 2.06. The molecule has 0 saturated heterocycles. The number of carboxylic acids is 1. The fourth-order valence-electron chi connectivity index (χ4n) is 1.42. The van der Waals surface area contributed by atoms with Crippen molar-refractivity contribution >= 4 is 23.6 Å². The normalized spacial score (nSPS) is 11.8. The summed E-state index contributed by atoms with van der Waals surface area (Å²) in [6.07, 6.45) is 0.862. The van der Waals surface area contributed by atoms with E-state index in [2.05, 4.69) is 5.32 Å². The summed E-state index contributed by atoms with van der Waals surface area (Å²) in [5, 5.41) is 19.7. The number of aliphatic carboxylic acids is 1. The van der Waals surface area contributed by atoms with Crippen LogP contribution >= 0.6 is 11.8 Å². The number of amides is 1. The minimum absolute atomic E-state index is 0.191. The maximum absolute atomic E-state index is 11.4. The Hall–Kier alpha value is -1.53. The van der Waals surface area contributed by atoms with Crippen LogP contribution in [0.1, 0.15) is 5.56 Å². The summed E-state index contributed by atoms with van der Waals surface area (Å²) in [6, 6.07) is 8.70. The van der Waals surface area contributed by atoms with Crippen LogP contribution in [0.4, 0.5) is 0 Å². The van der Waals surface area contributed by atoms with Crippen molar-refractivity contribution in [2.75, 3.05) is 18.1 Å². The molecule has 0 aliphatic heterocycles. The molecule has 3 N–H and O–H groups in total. The van der Waals surface area contributed by atoms with Crippen LogP contribution < -0.4 is 5.32 Å². The van der Waals surface area contributed by atoms with E-state index in [0.29, 0.717) is 0 Å². The zero-order chi connectivity index (χ0) is 14.1. The molecule has 0 heterocycles. The van der Waals surface area contributed by atoms with Crippen LogP contribution in [0.5, 0.6) is 0 Å². The number of thioether (sulfide) groups is 1. The summed E-state index contributed by atoms with van der Waals surface area (Å²) in [5.74, 6) is -0.630. The van der Waals surface area contributed by atoms with Crippen LogP contribution in [0.15, 0.2) is 30.3 Å². The molecule has 0 unspecified atom stereocenters.